The standard InChI is InChI=1S/C25H29FN2O7/c1-28(2)15-9-11(5-3-4-6-26)20(30)18-14(15)8-12-7-13-10-16(29)19(24(27)34)23(33)25(13,35)22(32)17(12)21(18)31/h9,12-13,30-31,33,35H,3-8,10H2,1-2H3,(H2,27,34)/t12-,13+,25+/m1/s1. The molecule has 0 spiro atoms. The minimum Gasteiger partial charge on any atom is -0.508 e. The van der Waals surface area contributed by atoms with Crippen molar-refractivity contribution < 1.29 is 39.2 Å². The van der Waals surface area contributed by atoms with E-state index >= 15 is 0 Å². The number of hydrogen-bond acceptors (Lipinski definition) is 8. The number of rotatable bonds is 6. The van der Waals surface area contributed by atoms with E-state index in [2.05, 4.69) is 0 Å². The lowest BCUT2D eigenvalue weighted by Gasteiger charge is -2.46. The van der Waals surface area contributed by atoms with Crippen molar-refractivity contribution in [2.24, 2.45) is 17.6 Å². The summed E-state index contributed by atoms with van der Waals surface area (Å²) in [7, 11) is 3.60. The molecule has 188 valence electrons. The number of halogens is 1. The summed E-state index contributed by atoms with van der Waals surface area (Å²) < 4.78 is 12.6. The topological polar surface area (TPSA) is 161 Å². The van der Waals surface area contributed by atoms with Crippen LogP contribution in [0.2, 0.25) is 0 Å². The van der Waals surface area contributed by atoms with Gasteiger partial charge in [0.05, 0.1) is 12.2 Å². The number of aliphatic hydroxyl groups is 3. The number of Topliss-reactive ketones (excluding diaryl/α,β-unsaturated/α-hetero) is 2. The largest absolute Gasteiger partial charge is 0.508 e. The number of primary amides is 1. The number of benzene rings is 1. The van der Waals surface area contributed by atoms with E-state index < -0.39 is 58.7 Å². The maximum atomic E-state index is 13.6. The normalized spacial score (nSPS) is 25.8. The summed E-state index contributed by atoms with van der Waals surface area (Å²) >= 11 is 0. The second-order valence-corrected chi connectivity index (χ2v) is 9.70. The molecule has 1 aromatic carbocycles. The molecule has 1 amide bonds. The number of nitrogens with zero attached hydrogens (tertiary/aromatic N) is 1. The van der Waals surface area contributed by atoms with Crippen molar-refractivity contribution in [1.29, 1.82) is 0 Å². The number of carbonyl (C=O) groups is 3. The first-order valence-electron chi connectivity index (χ1n) is 11.5. The van der Waals surface area contributed by atoms with Crippen LogP contribution in [0.1, 0.15) is 42.4 Å². The van der Waals surface area contributed by atoms with Gasteiger partial charge in [-0.05, 0) is 55.2 Å². The summed E-state index contributed by atoms with van der Waals surface area (Å²) in [6, 6.07) is 1.78. The van der Waals surface area contributed by atoms with Gasteiger partial charge in [-0.25, -0.2) is 0 Å². The Kier molecular flexibility index (Phi) is 6.12. The van der Waals surface area contributed by atoms with E-state index in [1.54, 1.807) is 20.2 Å². The highest BCUT2D eigenvalue weighted by atomic mass is 19.1. The molecule has 9 nitrogen and oxygen atoms in total. The van der Waals surface area contributed by atoms with Crippen LogP contribution in [-0.4, -0.2) is 64.3 Å². The lowest BCUT2D eigenvalue weighted by atomic mass is 9.59. The second-order valence-electron chi connectivity index (χ2n) is 9.70. The number of aliphatic hydroxyl groups excluding tert-OH is 2. The van der Waals surface area contributed by atoms with Crippen LogP contribution in [0.15, 0.2) is 23.0 Å². The summed E-state index contributed by atoms with van der Waals surface area (Å²) in [6.07, 6.45) is 1.08. The average molecular weight is 489 g/mol. The first-order valence-corrected chi connectivity index (χ1v) is 11.5. The molecule has 35 heavy (non-hydrogen) atoms. The number of ketones is 2. The summed E-state index contributed by atoms with van der Waals surface area (Å²) in [5, 5.41) is 44.3. The first-order chi connectivity index (χ1) is 16.4. The molecule has 0 heterocycles. The summed E-state index contributed by atoms with van der Waals surface area (Å²) in [4.78, 5) is 39.6. The van der Waals surface area contributed by atoms with Crippen molar-refractivity contribution in [1.82, 2.24) is 0 Å². The molecule has 0 unspecified atom stereocenters. The van der Waals surface area contributed by atoms with Gasteiger partial charge in [0.25, 0.3) is 5.91 Å². The van der Waals surface area contributed by atoms with E-state index in [-0.39, 0.29) is 36.1 Å². The number of hydrogen-bond donors (Lipinski definition) is 5. The van der Waals surface area contributed by atoms with E-state index in [1.165, 1.54) is 0 Å². The van der Waals surface area contributed by atoms with Gasteiger partial charge in [0.2, 0.25) is 5.78 Å². The van der Waals surface area contributed by atoms with Gasteiger partial charge < -0.3 is 31.1 Å². The Labute approximate surface area is 201 Å². The Hall–Kier alpha value is -3.40. The van der Waals surface area contributed by atoms with E-state index in [1.807, 2.05) is 4.90 Å². The van der Waals surface area contributed by atoms with Crippen molar-refractivity contribution in [2.45, 2.75) is 44.1 Å². The predicted molar refractivity (Wildman–Crippen MR) is 125 cm³/mol. The fourth-order valence-electron chi connectivity index (χ4n) is 5.72. The van der Waals surface area contributed by atoms with Gasteiger partial charge in [0, 0.05) is 37.7 Å². The average Bonchev–Trinajstić information content (AvgIpc) is 2.77. The van der Waals surface area contributed by atoms with E-state index in [9.17, 15) is 39.2 Å². The third-order valence-corrected chi connectivity index (χ3v) is 7.43. The number of aromatic hydroxyl groups is 1. The van der Waals surface area contributed by atoms with Crippen LogP contribution < -0.4 is 10.6 Å². The van der Waals surface area contributed by atoms with Crippen LogP contribution in [0, 0.1) is 11.8 Å². The number of phenols is 1. The molecule has 3 aliphatic carbocycles. The van der Waals surface area contributed by atoms with Crippen LogP contribution in [0.5, 0.6) is 5.75 Å². The Morgan fingerprint density at radius 3 is 2.49 bits per heavy atom. The third kappa shape index (κ3) is 3.58. The molecule has 0 saturated heterocycles. The van der Waals surface area contributed by atoms with Gasteiger partial charge >= 0.3 is 0 Å². The molecule has 4 rings (SSSR count). The highest BCUT2D eigenvalue weighted by Crippen LogP contribution is 2.53. The van der Waals surface area contributed by atoms with Gasteiger partial charge in [-0.1, -0.05) is 0 Å². The highest BCUT2D eigenvalue weighted by Gasteiger charge is 2.60. The number of phenolic OH excluding ortho intramolecular Hbond substituents is 1. The lowest BCUT2D eigenvalue weighted by Crippen LogP contribution is -2.58. The van der Waals surface area contributed by atoms with Crippen molar-refractivity contribution in [3.8, 4) is 5.75 Å². The zero-order valence-electron chi connectivity index (χ0n) is 19.6. The highest BCUT2D eigenvalue weighted by molar-refractivity contribution is 6.22. The van der Waals surface area contributed by atoms with Crippen molar-refractivity contribution in [2.75, 3.05) is 25.7 Å². The van der Waals surface area contributed by atoms with E-state index in [0.29, 0.717) is 36.1 Å². The molecule has 0 aliphatic heterocycles. The minimum atomic E-state index is -2.59. The fraction of sp³-hybridized carbons (Fsp3) is 0.480. The zero-order chi connectivity index (χ0) is 25.8. The molecule has 1 saturated carbocycles. The number of carbonyl (C=O) groups excluding carboxylic acids is 3. The maximum absolute atomic E-state index is 13.6. The smallest absolute Gasteiger partial charge is 0.255 e. The number of nitrogens with two attached hydrogens (primary N) is 1. The number of anilines is 1. The monoisotopic (exact) mass is 488 g/mol. The molecule has 1 aromatic rings. The van der Waals surface area contributed by atoms with Gasteiger partial charge in [0.1, 0.15) is 22.8 Å². The number of alkyl halides is 1. The molecule has 0 bridgehead atoms. The minimum absolute atomic E-state index is 0.0542. The Morgan fingerprint density at radius 1 is 1.20 bits per heavy atom. The zero-order valence-corrected chi connectivity index (χ0v) is 19.6. The van der Waals surface area contributed by atoms with Crippen LogP contribution in [-0.2, 0) is 27.2 Å². The van der Waals surface area contributed by atoms with Crippen LogP contribution >= 0.6 is 0 Å². The second kappa shape index (κ2) is 8.67. The molecule has 3 atom stereocenters. The summed E-state index contributed by atoms with van der Waals surface area (Å²) in [6.45, 7) is -0.496. The molecule has 0 aromatic heterocycles. The molecule has 1 fully saturated rings. The third-order valence-electron chi connectivity index (χ3n) is 7.43. The number of amides is 1. The maximum Gasteiger partial charge on any atom is 0.255 e. The van der Waals surface area contributed by atoms with Gasteiger partial charge in [-0.3, -0.25) is 18.8 Å². The van der Waals surface area contributed by atoms with Crippen molar-refractivity contribution >= 4 is 28.9 Å². The van der Waals surface area contributed by atoms with Crippen LogP contribution in [0.25, 0.3) is 5.76 Å². The first kappa shape index (κ1) is 24.7. The van der Waals surface area contributed by atoms with E-state index in [4.69, 9.17) is 5.73 Å². The quantitative estimate of drug-likeness (QED) is 0.299. The Bertz CT molecular complexity index is 1200. The van der Waals surface area contributed by atoms with Gasteiger partial charge in [0.15, 0.2) is 11.4 Å². The fourth-order valence-corrected chi connectivity index (χ4v) is 5.72. The summed E-state index contributed by atoms with van der Waals surface area (Å²) in [5.74, 6) is -6.49. The molecular formula is C25H29FN2O7. The molecule has 3 aliphatic rings. The van der Waals surface area contributed by atoms with Crippen LogP contribution in [0.4, 0.5) is 10.1 Å². The lowest BCUT2D eigenvalue weighted by molar-refractivity contribution is -0.147. The molecular weight excluding hydrogens is 459 g/mol. The van der Waals surface area contributed by atoms with Crippen molar-refractivity contribution in [3.05, 3.63) is 39.7 Å². The molecule has 0 radical (unpaired) electrons. The van der Waals surface area contributed by atoms with Gasteiger partial charge in [-0.2, -0.15) is 0 Å². The van der Waals surface area contributed by atoms with E-state index in [0.717, 1.165) is 0 Å². The van der Waals surface area contributed by atoms with Crippen molar-refractivity contribution in [3.63, 3.8) is 0 Å². The number of fused-ring (bicyclic) bond motifs is 3. The number of aryl methyl sites for hydroxylation is 1. The molecule has 10 heteroatoms. The summed E-state index contributed by atoms with van der Waals surface area (Å²) in [5.41, 5.74) is 3.47. The SMILES string of the molecule is CN(C)c1cc(CCCCF)c(O)c2c1C[C@H]1C[C@H]3CC(=O)C(C(N)=O)=C(O)[C@@]3(O)C(=O)C1=C2O. The Morgan fingerprint density at radius 2 is 1.89 bits per heavy atom. The Balaban J connectivity index is 1.91. The number of unbranched alkanes of at least 4 members (excludes halogenated alkanes) is 1. The predicted octanol–water partition coefficient (Wildman–Crippen LogP) is 1.78. The van der Waals surface area contributed by atoms with Gasteiger partial charge in [-0.15, -0.1) is 0 Å². The van der Waals surface area contributed by atoms with Crippen LogP contribution in [0.3, 0.4) is 0 Å². The molecule has 6 N–H and O–H groups in total.